The Balaban J connectivity index is 2.43. The van der Waals surface area contributed by atoms with E-state index in [9.17, 15) is 4.79 Å². The van der Waals surface area contributed by atoms with Crippen LogP contribution in [-0.2, 0) is 9.53 Å². The number of rotatable bonds is 11. The first-order chi connectivity index (χ1) is 10.3. The molecular weight excluding hydrogens is 260 g/mol. The molecule has 0 aliphatic heterocycles. The van der Waals surface area contributed by atoms with E-state index in [0.29, 0.717) is 18.9 Å². The zero-order valence-corrected chi connectivity index (χ0v) is 13.6. The number of hydrogen-bond acceptors (Lipinski definition) is 2. The molecule has 0 aliphatic carbocycles. The van der Waals surface area contributed by atoms with Gasteiger partial charge in [0.1, 0.15) is 0 Å². The molecule has 0 heterocycles. The summed E-state index contributed by atoms with van der Waals surface area (Å²) in [6.45, 7) is 4.57. The highest BCUT2D eigenvalue weighted by Crippen LogP contribution is 2.26. The van der Waals surface area contributed by atoms with Crippen molar-refractivity contribution in [3.63, 3.8) is 0 Å². The summed E-state index contributed by atoms with van der Waals surface area (Å²) < 4.78 is 5.11. The zero-order chi connectivity index (χ0) is 15.3. The molecule has 2 nitrogen and oxygen atoms in total. The van der Waals surface area contributed by atoms with E-state index in [1.54, 1.807) is 0 Å². The quantitative estimate of drug-likeness (QED) is 0.399. The van der Waals surface area contributed by atoms with Crippen molar-refractivity contribution >= 4 is 5.97 Å². The minimum absolute atomic E-state index is 0.0719. The molecule has 0 N–H and O–H groups in total. The molecule has 118 valence electrons. The molecule has 0 spiro atoms. The van der Waals surface area contributed by atoms with Gasteiger partial charge in [-0.15, -0.1) is 0 Å². The van der Waals surface area contributed by atoms with E-state index in [-0.39, 0.29) is 5.97 Å². The molecule has 0 radical (unpaired) electrons. The number of hydrogen-bond donors (Lipinski definition) is 0. The maximum Gasteiger partial charge on any atom is 0.306 e. The third-order valence-corrected chi connectivity index (χ3v) is 3.90. The van der Waals surface area contributed by atoms with E-state index in [0.717, 1.165) is 6.42 Å². The van der Waals surface area contributed by atoms with Crippen LogP contribution in [0.3, 0.4) is 0 Å². The molecule has 0 bridgehead atoms. The Hall–Kier alpha value is -1.31. The second kappa shape index (κ2) is 11.4. The van der Waals surface area contributed by atoms with Crippen LogP contribution in [0.2, 0.25) is 0 Å². The molecule has 1 unspecified atom stereocenters. The summed E-state index contributed by atoms with van der Waals surface area (Å²) in [5.41, 5.74) is 1.26. The number of unbranched alkanes of at least 4 members (excludes halogenated alkanes) is 5. The topological polar surface area (TPSA) is 26.3 Å². The highest BCUT2D eigenvalue weighted by Gasteiger charge is 2.16. The molecule has 0 amide bonds. The van der Waals surface area contributed by atoms with Gasteiger partial charge in [-0.05, 0) is 24.8 Å². The van der Waals surface area contributed by atoms with Crippen LogP contribution in [0.1, 0.15) is 76.7 Å². The fourth-order valence-corrected chi connectivity index (χ4v) is 2.70. The summed E-state index contributed by atoms with van der Waals surface area (Å²) in [6, 6.07) is 10.4. The molecule has 0 saturated heterocycles. The molecule has 2 heteroatoms. The van der Waals surface area contributed by atoms with Crippen LogP contribution < -0.4 is 0 Å². The molecule has 0 saturated carbocycles. The maximum absolute atomic E-state index is 11.8. The van der Waals surface area contributed by atoms with Crippen molar-refractivity contribution in [2.45, 2.75) is 71.1 Å². The summed E-state index contributed by atoms with van der Waals surface area (Å²) in [4.78, 5) is 11.8. The third-order valence-electron chi connectivity index (χ3n) is 3.90. The lowest BCUT2D eigenvalue weighted by Gasteiger charge is -2.16. The monoisotopic (exact) mass is 290 g/mol. The van der Waals surface area contributed by atoms with Gasteiger partial charge in [-0.1, -0.05) is 75.8 Å². The van der Waals surface area contributed by atoms with Crippen LogP contribution in [0.25, 0.3) is 0 Å². The van der Waals surface area contributed by atoms with E-state index < -0.39 is 0 Å². The van der Waals surface area contributed by atoms with Gasteiger partial charge in [0.05, 0.1) is 13.0 Å². The molecule has 1 rings (SSSR count). The summed E-state index contributed by atoms with van der Waals surface area (Å²) >= 11 is 0. The fraction of sp³-hybridized carbons (Fsp3) is 0.632. The smallest absolute Gasteiger partial charge is 0.306 e. The first-order valence-electron chi connectivity index (χ1n) is 8.48. The van der Waals surface area contributed by atoms with Crippen molar-refractivity contribution in [2.24, 2.45) is 0 Å². The molecule has 21 heavy (non-hydrogen) atoms. The summed E-state index contributed by atoms with van der Waals surface area (Å²) in [5.74, 6) is 0.230. The zero-order valence-electron chi connectivity index (χ0n) is 13.6. The Morgan fingerprint density at radius 3 is 2.33 bits per heavy atom. The van der Waals surface area contributed by atoms with E-state index in [4.69, 9.17) is 4.74 Å². The number of esters is 1. The molecule has 0 aliphatic rings. The standard InChI is InChI=1S/C19H30O2/c1-3-5-6-7-8-10-15-18(16-19(20)21-4-2)17-13-11-9-12-14-17/h9,11-14,18H,3-8,10,15-16H2,1-2H3. The number of ether oxygens (including phenoxy) is 1. The van der Waals surface area contributed by atoms with E-state index >= 15 is 0 Å². The van der Waals surface area contributed by atoms with Crippen LogP contribution in [0, 0.1) is 0 Å². The van der Waals surface area contributed by atoms with Crippen molar-refractivity contribution in [1.29, 1.82) is 0 Å². The van der Waals surface area contributed by atoms with Gasteiger partial charge >= 0.3 is 5.97 Å². The molecule has 1 aromatic carbocycles. The highest BCUT2D eigenvalue weighted by atomic mass is 16.5. The van der Waals surface area contributed by atoms with Gasteiger partial charge < -0.3 is 4.74 Å². The molecule has 1 aromatic rings. The maximum atomic E-state index is 11.8. The predicted octanol–water partition coefficient (Wildman–Crippen LogP) is 5.47. The molecule has 0 aromatic heterocycles. The second-order valence-electron chi connectivity index (χ2n) is 5.67. The Kier molecular flexibility index (Phi) is 9.60. The van der Waals surface area contributed by atoms with Crippen LogP contribution in [0.5, 0.6) is 0 Å². The molecule has 0 fully saturated rings. The average molecular weight is 290 g/mol. The van der Waals surface area contributed by atoms with Crippen molar-refractivity contribution in [3.8, 4) is 0 Å². The predicted molar refractivity (Wildman–Crippen MR) is 88.4 cm³/mol. The van der Waals surface area contributed by atoms with Crippen LogP contribution in [0.15, 0.2) is 30.3 Å². The van der Waals surface area contributed by atoms with Crippen molar-refractivity contribution in [3.05, 3.63) is 35.9 Å². The van der Waals surface area contributed by atoms with Gasteiger partial charge in [0.25, 0.3) is 0 Å². The average Bonchev–Trinajstić information content (AvgIpc) is 2.50. The van der Waals surface area contributed by atoms with Crippen molar-refractivity contribution in [2.75, 3.05) is 6.61 Å². The second-order valence-corrected chi connectivity index (χ2v) is 5.67. The van der Waals surface area contributed by atoms with Crippen molar-refractivity contribution < 1.29 is 9.53 Å². The van der Waals surface area contributed by atoms with E-state index in [1.165, 1.54) is 44.1 Å². The van der Waals surface area contributed by atoms with Gasteiger partial charge in [0.2, 0.25) is 0 Å². The lowest BCUT2D eigenvalue weighted by Crippen LogP contribution is -2.10. The van der Waals surface area contributed by atoms with Gasteiger partial charge in [-0.2, -0.15) is 0 Å². The Morgan fingerprint density at radius 2 is 1.67 bits per heavy atom. The number of carbonyl (C=O) groups is 1. The Morgan fingerprint density at radius 1 is 1.00 bits per heavy atom. The summed E-state index contributed by atoms with van der Waals surface area (Å²) in [7, 11) is 0. The van der Waals surface area contributed by atoms with Crippen LogP contribution >= 0.6 is 0 Å². The Bertz CT molecular complexity index is 372. The van der Waals surface area contributed by atoms with Gasteiger partial charge in [0.15, 0.2) is 0 Å². The van der Waals surface area contributed by atoms with E-state index in [1.807, 2.05) is 13.0 Å². The largest absolute Gasteiger partial charge is 0.466 e. The molecule has 1 atom stereocenters. The van der Waals surface area contributed by atoms with Crippen molar-refractivity contribution in [1.82, 2.24) is 0 Å². The lowest BCUT2D eigenvalue weighted by molar-refractivity contribution is -0.143. The van der Waals surface area contributed by atoms with Gasteiger partial charge in [0, 0.05) is 0 Å². The third kappa shape index (κ3) is 7.89. The Labute approximate surface area is 129 Å². The van der Waals surface area contributed by atoms with Crippen LogP contribution in [0.4, 0.5) is 0 Å². The minimum atomic E-state index is -0.0719. The number of carbonyl (C=O) groups excluding carboxylic acids is 1. The van der Waals surface area contributed by atoms with Gasteiger partial charge in [-0.3, -0.25) is 4.79 Å². The number of benzene rings is 1. The minimum Gasteiger partial charge on any atom is -0.466 e. The first kappa shape index (κ1) is 17.7. The molecular formula is C19H30O2. The SMILES string of the molecule is CCCCCCCCC(CC(=O)OCC)c1ccccc1. The van der Waals surface area contributed by atoms with E-state index in [2.05, 4.69) is 31.2 Å². The summed E-state index contributed by atoms with van der Waals surface area (Å²) in [6.07, 6.45) is 9.33. The summed E-state index contributed by atoms with van der Waals surface area (Å²) in [5, 5.41) is 0. The fourth-order valence-electron chi connectivity index (χ4n) is 2.70. The highest BCUT2D eigenvalue weighted by molar-refractivity contribution is 5.70. The van der Waals surface area contributed by atoms with Crippen LogP contribution in [-0.4, -0.2) is 12.6 Å². The first-order valence-corrected chi connectivity index (χ1v) is 8.48. The van der Waals surface area contributed by atoms with Gasteiger partial charge in [-0.25, -0.2) is 0 Å². The lowest BCUT2D eigenvalue weighted by atomic mass is 9.90. The normalized spacial score (nSPS) is 12.1.